The molecule has 0 aromatic heterocycles. The molecule has 0 aliphatic heterocycles. The predicted octanol–water partition coefficient (Wildman–Crippen LogP) is -0.668. The number of carboxylic acid groups (broad SMARTS) is 1. The third-order valence-electron chi connectivity index (χ3n) is 2.85. The molecule has 0 aromatic carbocycles. The minimum absolute atomic E-state index is 0.0844. The molecule has 116 valence electrons. The van der Waals surface area contributed by atoms with Crippen molar-refractivity contribution in [3.8, 4) is 0 Å². The summed E-state index contributed by atoms with van der Waals surface area (Å²) in [5.74, 6) is -1.43. The topological polar surface area (TPSA) is 110 Å². The Morgan fingerprint density at radius 3 is 2.15 bits per heavy atom. The number of aliphatic hydroxyl groups excluding tert-OH is 1. The predicted molar refractivity (Wildman–Crippen MR) is 72.2 cm³/mol. The molecular formula is C12H23N3O5. The fourth-order valence-electron chi connectivity index (χ4n) is 1.60. The standard InChI is InChI=1S/C12H23N3O5/c1-4-15(5-2)10(17)8-14(3)12(20)13-9(6-7-16)11(18)19/h9,16H,4-8H2,1-3H3,(H,13,20)(H,18,19). The number of hydrogen-bond acceptors (Lipinski definition) is 4. The number of carboxylic acids is 1. The van der Waals surface area contributed by atoms with Crippen LogP contribution in [-0.2, 0) is 9.59 Å². The van der Waals surface area contributed by atoms with Gasteiger partial charge in [-0.05, 0) is 13.8 Å². The van der Waals surface area contributed by atoms with E-state index in [4.69, 9.17) is 10.2 Å². The average molecular weight is 289 g/mol. The van der Waals surface area contributed by atoms with E-state index in [9.17, 15) is 14.4 Å². The van der Waals surface area contributed by atoms with Gasteiger partial charge in [-0.3, -0.25) is 4.79 Å². The zero-order valence-electron chi connectivity index (χ0n) is 12.1. The first-order chi connectivity index (χ1) is 9.37. The van der Waals surface area contributed by atoms with Crippen LogP contribution in [0.5, 0.6) is 0 Å². The van der Waals surface area contributed by atoms with Crippen molar-refractivity contribution in [2.45, 2.75) is 26.3 Å². The molecule has 3 N–H and O–H groups in total. The Hall–Kier alpha value is -1.83. The number of nitrogens with zero attached hydrogens (tertiary/aromatic N) is 2. The molecule has 0 aliphatic carbocycles. The van der Waals surface area contributed by atoms with E-state index in [2.05, 4.69) is 5.32 Å². The summed E-state index contributed by atoms with van der Waals surface area (Å²) in [4.78, 5) is 37.1. The van der Waals surface area contributed by atoms with Crippen LogP contribution in [0.15, 0.2) is 0 Å². The van der Waals surface area contributed by atoms with Gasteiger partial charge in [-0.25, -0.2) is 9.59 Å². The Kier molecular flexibility index (Phi) is 8.30. The lowest BCUT2D eigenvalue weighted by Crippen LogP contribution is -2.49. The molecule has 0 heterocycles. The van der Waals surface area contributed by atoms with E-state index >= 15 is 0 Å². The number of aliphatic carboxylic acids is 1. The molecular weight excluding hydrogens is 266 g/mol. The van der Waals surface area contributed by atoms with Crippen molar-refractivity contribution < 1.29 is 24.6 Å². The fraction of sp³-hybridized carbons (Fsp3) is 0.750. The number of urea groups is 1. The van der Waals surface area contributed by atoms with E-state index in [1.165, 1.54) is 7.05 Å². The lowest BCUT2D eigenvalue weighted by molar-refractivity contribution is -0.139. The molecule has 3 amide bonds. The molecule has 0 aliphatic rings. The second-order valence-electron chi connectivity index (χ2n) is 4.27. The summed E-state index contributed by atoms with van der Waals surface area (Å²) in [6, 6.07) is -1.83. The Bertz CT molecular complexity index is 344. The van der Waals surface area contributed by atoms with Crippen LogP contribution in [-0.4, -0.2) is 77.3 Å². The number of carbonyl (C=O) groups is 3. The molecule has 20 heavy (non-hydrogen) atoms. The molecule has 8 nitrogen and oxygen atoms in total. The minimum atomic E-state index is -1.23. The molecule has 0 aromatic rings. The number of aliphatic hydroxyl groups is 1. The summed E-state index contributed by atoms with van der Waals surface area (Å²) in [6.45, 7) is 4.30. The SMILES string of the molecule is CCN(CC)C(=O)CN(C)C(=O)NC(CCO)C(=O)O. The molecule has 8 heteroatoms. The summed E-state index contributed by atoms with van der Waals surface area (Å²) in [7, 11) is 1.41. The maximum absolute atomic E-state index is 11.8. The van der Waals surface area contributed by atoms with Crippen molar-refractivity contribution >= 4 is 17.9 Å². The van der Waals surface area contributed by atoms with Gasteiger partial charge in [0.25, 0.3) is 0 Å². The van der Waals surface area contributed by atoms with Crippen molar-refractivity contribution in [2.75, 3.05) is 33.3 Å². The smallest absolute Gasteiger partial charge is 0.326 e. The van der Waals surface area contributed by atoms with Crippen molar-refractivity contribution in [2.24, 2.45) is 0 Å². The molecule has 0 rings (SSSR count). The monoisotopic (exact) mass is 289 g/mol. The number of amides is 3. The maximum atomic E-state index is 11.8. The van der Waals surface area contributed by atoms with Crippen LogP contribution in [0, 0.1) is 0 Å². The van der Waals surface area contributed by atoms with E-state index in [0.717, 1.165) is 4.90 Å². The Morgan fingerprint density at radius 1 is 1.20 bits per heavy atom. The highest BCUT2D eigenvalue weighted by Crippen LogP contribution is 1.96. The number of rotatable bonds is 8. The highest BCUT2D eigenvalue weighted by atomic mass is 16.4. The molecule has 0 saturated carbocycles. The van der Waals surface area contributed by atoms with Crippen LogP contribution >= 0.6 is 0 Å². The second kappa shape index (κ2) is 9.13. The molecule has 0 saturated heterocycles. The Balaban J connectivity index is 4.47. The largest absolute Gasteiger partial charge is 0.480 e. The van der Waals surface area contributed by atoms with E-state index < -0.39 is 18.0 Å². The lowest BCUT2D eigenvalue weighted by atomic mass is 10.2. The van der Waals surface area contributed by atoms with Gasteiger partial charge in [0.1, 0.15) is 12.6 Å². The Morgan fingerprint density at radius 2 is 1.75 bits per heavy atom. The molecule has 0 bridgehead atoms. The summed E-state index contributed by atoms with van der Waals surface area (Å²) < 4.78 is 0. The lowest BCUT2D eigenvalue weighted by Gasteiger charge is -2.24. The molecule has 1 atom stereocenters. The maximum Gasteiger partial charge on any atom is 0.326 e. The second-order valence-corrected chi connectivity index (χ2v) is 4.27. The highest BCUT2D eigenvalue weighted by Gasteiger charge is 2.22. The summed E-state index contributed by atoms with van der Waals surface area (Å²) in [6.07, 6.45) is -0.0844. The fourth-order valence-corrected chi connectivity index (χ4v) is 1.60. The zero-order valence-corrected chi connectivity index (χ0v) is 12.1. The van der Waals surface area contributed by atoms with Crippen molar-refractivity contribution in [3.63, 3.8) is 0 Å². The van der Waals surface area contributed by atoms with Crippen LogP contribution in [0.4, 0.5) is 4.79 Å². The van der Waals surface area contributed by atoms with Gasteiger partial charge in [0.05, 0.1) is 0 Å². The summed E-state index contributed by atoms with van der Waals surface area (Å²) in [5.41, 5.74) is 0. The van der Waals surface area contributed by atoms with E-state index in [1.54, 1.807) is 4.90 Å². The number of hydrogen-bond donors (Lipinski definition) is 3. The molecule has 0 spiro atoms. The van der Waals surface area contributed by atoms with E-state index in [0.29, 0.717) is 13.1 Å². The first-order valence-corrected chi connectivity index (χ1v) is 6.50. The van der Waals surface area contributed by atoms with Crippen molar-refractivity contribution in [1.82, 2.24) is 15.1 Å². The normalized spacial score (nSPS) is 11.6. The minimum Gasteiger partial charge on any atom is -0.480 e. The first kappa shape index (κ1) is 18.2. The van der Waals surface area contributed by atoms with Gasteiger partial charge in [0.2, 0.25) is 5.91 Å². The van der Waals surface area contributed by atoms with Crippen LogP contribution in [0.3, 0.4) is 0 Å². The number of carbonyl (C=O) groups excluding carboxylic acids is 2. The molecule has 0 radical (unpaired) electrons. The van der Waals surface area contributed by atoms with E-state index in [1.807, 2.05) is 13.8 Å². The summed E-state index contributed by atoms with van der Waals surface area (Å²) >= 11 is 0. The molecule has 1 unspecified atom stereocenters. The summed E-state index contributed by atoms with van der Waals surface area (Å²) in [5, 5.41) is 19.8. The third-order valence-corrected chi connectivity index (χ3v) is 2.85. The zero-order chi connectivity index (χ0) is 15.7. The highest BCUT2D eigenvalue weighted by molar-refractivity contribution is 5.86. The van der Waals surface area contributed by atoms with E-state index in [-0.39, 0.29) is 25.5 Å². The first-order valence-electron chi connectivity index (χ1n) is 6.50. The van der Waals surface area contributed by atoms with Gasteiger partial charge in [-0.15, -0.1) is 0 Å². The van der Waals surface area contributed by atoms with Crippen molar-refractivity contribution in [1.29, 1.82) is 0 Å². The van der Waals surface area contributed by atoms with Crippen molar-refractivity contribution in [3.05, 3.63) is 0 Å². The third kappa shape index (κ3) is 5.87. The Labute approximate surface area is 118 Å². The van der Waals surface area contributed by atoms with Gasteiger partial charge in [-0.1, -0.05) is 0 Å². The van der Waals surface area contributed by atoms with Gasteiger partial charge in [0.15, 0.2) is 0 Å². The quantitative estimate of drug-likeness (QED) is 0.549. The van der Waals surface area contributed by atoms with Gasteiger partial charge >= 0.3 is 12.0 Å². The van der Waals surface area contributed by atoms with Gasteiger partial charge in [0, 0.05) is 33.2 Å². The molecule has 0 fully saturated rings. The van der Waals surface area contributed by atoms with Crippen LogP contribution in [0.25, 0.3) is 0 Å². The van der Waals surface area contributed by atoms with Crippen LogP contribution < -0.4 is 5.32 Å². The van der Waals surface area contributed by atoms with Crippen LogP contribution in [0.2, 0.25) is 0 Å². The van der Waals surface area contributed by atoms with Crippen LogP contribution in [0.1, 0.15) is 20.3 Å². The number of nitrogens with one attached hydrogen (secondary N) is 1. The van der Waals surface area contributed by atoms with Gasteiger partial charge < -0.3 is 25.3 Å². The number of likely N-dealkylation sites (N-methyl/N-ethyl adjacent to an activating group) is 2. The average Bonchev–Trinajstić information content (AvgIpc) is 2.39. The van der Waals surface area contributed by atoms with Gasteiger partial charge in [-0.2, -0.15) is 0 Å².